The largest absolute Gasteiger partial charge is 0.465 e. The van der Waals surface area contributed by atoms with Gasteiger partial charge in [-0.25, -0.2) is 9.48 Å². The molecular formula is C17H14BrN3O3S. The summed E-state index contributed by atoms with van der Waals surface area (Å²) in [5, 5.41) is 9.06. The van der Waals surface area contributed by atoms with E-state index in [1.807, 2.05) is 11.4 Å². The van der Waals surface area contributed by atoms with E-state index in [0.29, 0.717) is 23.5 Å². The number of benzene rings is 1. The van der Waals surface area contributed by atoms with Crippen LogP contribution in [0.1, 0.15) is 25.6 Å². The van der Waals surface area contributed by atoms with Crippen molar-refractivity contribution in [1.82, 2.24) is 9.78 Å². The second-order valence-corrected chi connectivity index (χ2v) is 7.04. The maximum Gasteiger partial charge on any atom is 0.337 e. The Morgan fingerprint density at radius 3 is 2.80 bits per heavy atom. The summed E-state index contributed by atoms with van der Waals surface area (Å²) in [5.74, 6) is -0.221. The van der Waals surface area contributed by atoms with Crippen molar-refractivity contribution in [2.24, 2.45) is 0 Å². The van der Waals surface area contributed by atoms with Gasteiger partial charge in [-0.05, 0) is 40.2 Å². The number of carbonyl (C=O) groups excluding carboxylic acids is 2. The second-order valence-electron chi connectivity index (χ2n) is 5.13. The molecule has 0 aliphatic heterocycles. The van der Waals surface area contributed by atoms with E-state index in [2.05, 4.69) is 31.1 Å². The van der Waals surface area contributed by atoms with Crippen molar-refractivity contribution in [2.75, 3.05) is 12.4 Å². The average molecular weight is 420 g/mol. The van der Waals surface area contributed by atoms with Crippen LogP contribution in [0.15, 0.2) is 52.4 Å². The monoisotopic (exact) mass is 419 g/mol. The number of ether oxygens (including phenoxy) is 1. The lowest BCUT2D eigenvalue weighted by Gasteiger charge is -2.09. The van der Waals surface area contributed by atoms with Gasteiger partial charge < -0.3 is 10.1 Å². The van der Waals surface area contributed by atoms with Crippen LogP contribution >= 0.6 is 27.3 Å². The quantitative estimate of drug-likeness (QED) is 0.638. The minimum Gasteiger partial charge on any atom is -0.465 e. The summed E-state index contributed by atoms with van der Waals surface area (Å²) in [6, 6.07) is 10.1. The summed E-state index contributed by atoms with van der Waals surface area (Å²) in [7, 11) is 1.30. The van der Waals surface area contributed by atoms with Gasteiger partial charge in [0, 0.05) is 26.4 Å². The van der Waals surface area contributed by atoms with Crippen LogP contribution < -0.4 is 5.32 Å². The van der Waals surface area contributed by atoms with Crippen molar-refractivity contribution in [3.05, 3.63) is 68.5 Å². The zero-order chi connectivity index (χ0) is 17.8. The Hall–Kier alpha value is -2.45. The Balaban J connectivity index is 1.76. The molecule has 8 heteroatoms. The highest BCUT2D eigenvalue weighted by molar-refractivity contribution is 9.10. The Bertz CT molecular complexity index is 919. The van der Waals surface area contributed by atoms with Crippen molar-refractivity contribution < 1.29 is 14.3 Å². The molecule has 1 aromatic carbocycles. The van der Waals surface area contributed by atoms with E-state index in [9.17, 15) is 9.59 Å². The van der Waals surface area contributed by atoms with Crippen LogP contribution in [0.3, 0.4) is 0 Å². The fourth-order valence-corrected chi connectivity index (χ4v) is 3.67. The van der Waals surface area contributed by atoms with Crippen molar-refractivity contribution in [1.29, 1.82) is 0 Å². The molecule has 3 aromatic rings. The van der Waals surface area contributed by atoms with E-state index in [4.69, 9.17) is 0 Å². The van der Waals surface area contributed by atoms with Gasteiger partial charge in [0.15, 0.2) is 0 Å². The fourth-order valence-electron chi connectivity index (χ4n) is 2.24. The summed E-state index contributed by atoms with van der Waals surface area (Å²) in [6.07, 6.45) is 1.63. The van der Waals surface area contributed by atoms with E-state index < -0.39 is 5.97 Å². The number of aromatic nitrogens is 2. The molecule has 0 unspecified atom stereocenters. The third kappa shape index (κ3) is 4.15. The highest BCUT2D eigenvalue weighted by atomic mass is 79.9. The van der Waals surface area contributed by atoms with Crippen molar-refractivity contribution in [3.8, 4) is 0 Å². The number of nitrogens with one attached hydrogen (secondary N) is 1. The van der Waals surface area contributed by atoms with Crippen LogP contribution in [-0.2, 0) is 11.3 Å². The van der Waals surface area contributed by atoms with Gasteiger partial charge in [-0.15, -0.1) is 11.3 Å². The predicted molar refractivity (Wildman–Crippen MR) is 99.1 cm³/mol. The zero-order valence-electron chi connectivity index (χ0n) is 13.2. The molecule has 0 atom stereocenters. The Morgan fingerprint density at radius 1 is 1.28 bits per heavy atom. The first kappa shape index (κ1) is 17.4. The molecule has 0 radical (unpaired) electrons. The molecule has 3 rings (SSSR count). The average Bonchev–Trinajstić information content (AvgIpc) is 3.23. The van der Waals surface area contributed by atoms with Gasteiger partial charge in [0.05, 0.1) is 25.4 Å². The molecule has 2 heterocycles. The number of hydrogen-bond donors (Lipinski definition) is 1. The number of methoxy groups -OCH3 is 1. The maximum absolute atomic E-state index is 12.5. The maximum atomic E-state index is 12.5. The number of rotatable bonds is 5. The second kappa shape index (κ2) is 7.62. The van der Waals surface area contributed by atoms with E-state index in [-0.39, 0.29) is 5.91 Å². The molecule has 6 nitrogen and oxygen atoms in total. The Kier molecular flexibility index (Phi) is 5.30. The number of esters is 1. The SMILES string of the molecule is COC(=O)c1cccc(C(=O)Nc2ccnn2Cc2cc(Br)cs2)c1. The molecule has 0 fully saturated rings. The van der Waals surface area contributed by atoms with Gasteiger partial charge in [-0.3, -0.25) is 4.79 Å². The van der Waals surface area contributed by atoms with E-state index in [0.717, 1.165) is 9.35 Å². The number of amides is 1. The van der Waals surface area contributed by atoms with Crippen LogP contribution in [0.4, 0.5) is 5.82 Å². The summed E-state index contributed by atoms with van der Waals surface area (Å²) in [4.78, 5) is 25.2. The van der Waals surface area contributed by atoms with E-state index >= 15 is 0 Å². The molecule has 0 bridgehead atoms. The highest BCUT2D eigenvalue weighted by Gasteiger charge is 2.13. The molecule has 0 spiro atoms. The molecule has 0 aliphatic rings. The van der Waals surface area contributed by atoms with Gasteiger partial charge in [-0.1, -0.05) is 6.07 Å². The van der Waals surface area contributed by atoms with E-state index in [1.165, 1.54) is 13.2 Å². The number of anilines is 1. The predicted octanol–water partition coefficient (Wildman–Crippen LogP) is 3.79. The number of carbonyl (C=O) groups is 2. The number of nitrogens with zero attached hydrogens (tertiary/aromatic N) is 2. The number of halogens is 1. The van der Waals surface area contributed by atoms with Crippen LogP contribution in [-0.4, -0.2) is 28.8 Å². The minimum atomic E-state index is -0.483. The van der Waals surface area contributed by atoms with E-state index in [1.54, 1.807) is 46.5 Å². The first-order chi connectivity index (χ1) is 12.1. The molecule has 0 saturated heterocycles. The summed E-state index contributed by atoms with van der Waals surface area (Å²) >= 11 is 5.03. The standard InChI is InChI=1S/C17H14BrN3O3S/c1-24-17(23)12-4-2-3-11(7-12)16(22)20-15-5-6-19-21(15)9-14-8-13(18)10-25-14/h2-8,10H,9H2,1H3,(H,20,22). The highest BCUT2D eigenvalue weighted by Crippen LogP contribution is 2.22. The van der Waals surface area contributed by atoms with Crippen molar-refractivity contribution in [2.45, 2.75) is 6.54 Å². The summed E-state index contributed by atoms with van der Waals surface area (Å²) in [6.45, 7) is 0.557. The zero-order valence-corrected chi connectivity index (χ0v) is 15.6. The number of thiophene rings is 1. The van der Waals surface area contributed by atoms with Gasteiger partial charge in [0.2, 0.25) is 0 Å². The van der Waals surface area contributed by atoms with Crippen LogP contribution in [0, 0.1) is 0 Å². The van der Waals surface area contributed by atoms with Crippen molar-refractivity contribution >= 4 is 45.0 Å². The summed E-state index contributed by atoms with van der Waals surface area (Å²) in [5.41, 5.74) is 0.696. The Labute approximate surface area is 156 Å². The van der Waals surface area contributed by atoms with Crippen LogP contribution in [0.2, 0.25) is 0 Å². The normalized spacial score (nSPS) is 10.5. The van der Waals surface area contributed by atoms with Gasteiger partial charge in [0.1, 0.15) is 5.82 Å². The van der Waals surface area contributed by atoms with Gasteiger partial charge >= 0.3 is 5.97 Å². The number of hydrogen-bond acceptors (Lipinski definition) is 5. The topological polar surface area (TPSA) is 73.2 Å². The lowest BCUT2D eigenvalue weighted by Crippen LogP contribution is -2.16. The smallest absolute Gasteiger partial charge is 0.337 e. The summed E-state index contributed by atoms with van der Waals surface area (Å²) < 4.78 is 7.40. The lowest BCUT2D eigenvalue weighted by atomic mass is 10.1. The van der Waals surface area contributed by atoms with Crippen LogP contribution in [0.25, 0.3) is 0 Å². The third-order valence-electron chi connectivity index (χ3n) is 3.43. The molecule has 1 amide bonds. The molecule has 2 aromatic heterocycles. The molecule has 0 saturated carbocycles. The minimum absolute atomic E-state index is 0.320. The molecule has 25 heavy (non-hydrogen) atoms. The fraction of sp³-hybridized carbons (Fsp3) is 0.118. The molecule has 0 aliphatic carbocycles. The first-order valence-electron chi connectivity index (χ1n) is 7.31. The Morgan fingerprint density at radius 2 is 2.08 bits per heavy atom. The van der Waals surface area contributed by atoms with Crippen molar-refractivity contribution in [3.63, 3.8) is 0 Å². The van der Waals surface area contributed by atoms with Crippen LogP contribution in [0.5, 0.6) is 0 Å². The first-order valence-corrected chi connectivity index (χ1v) is 8.98. The molecule has 1 N–H and O–H groups in total. The molecular weight excluding hydrogens is 406 g/mol. The molecule has 128 valence electrons. The van der Waals surface area contributed by atoms with Gasteiger partial charge in [-0.2, -0.15) is 5.10 Å². The van der Waals surface area contributed by atoms with Gasteiger partial charge in [0.25, 0.3) is 5.91 Å². The third-order valence-corrected chi connectivity index (χ3v) is 5.11. The lowest BCUT2D eigenvalue weighted by molar-refractivity contribution is 0.0600.